The van der Waals surface area contributed by atoms with E-state index in [9.17, 15) is 0 Å². The van der Waals surface area contributed by atoms with Gasteiger partial charge < -0.3 is 10.1 Å². The van der Waals surface area contributed by atoms with Crippen LogP contribution >= 0.6 is 0 Å². The van der Waals surface area contributed by atoms with Gasteiger partial charge in [0, 0.05) is 25.5 Å². The fourth-order valence-electron chi connectivity index (χ4n) is 1.57. The van der Waals surface area contributed by atoms with Gasteiger partial charge in [0.2, 0.25) is 0 Å². The molecule has 2 rings (SSSR count). The second kappa shape index (κ2) is 3.79. The molecule has 0 saturated carbocycles. The smallest absolute Gasteiger partial charge is 0.0822 e. The predicted molar refractivity (Wildman–Crippen MR) is 50.8 cm³/mol. The maximum atomic E-state index is 5.29. The van der Waals surface area contributed by atoms with Crippen LogP contribution in [0.1, 0.15) is 18.5 Å². The summed E-state index contributed by atoms with van der Waals surface area (Å²) in [5, 5.41) is 10.4. The number of nitrogens with one attached hydrogen (secondary N) is 2. The van der Waals surface area contributed by atoms with Gasteiger partial charge in [0.15, 0.2) is 0 Å². The van der Waals surface area contributed by atoms with E-state index in [1.165, 1.54) is 0 Å². The van der Waals surface area contributed by atoms with E-state index in [2.05, 4.69) is 15.5 Å². The molecule has 0 amide bonds. The molecule has 1 aliphatic rings. The molecular formula is C9H15N3O. The average Bonchev–Trinajstić information content (AvgIpc) is 2.54. The van der Waals surface area contributed by atoms with Crippen LogP contribution in [0.3, 0.4) is 0 Å². The first-order valence-corrected chi connectivity index (χ1v) is 4.71. The molecule has 1 aliphatic heterocycles. The van der Waals surface area contributed by atoms with Crippen LogP contribution in [0, 0.1) is 6.92 Å². The van der Waals surface area contributed by atoms with Gasteiger partial charge in [-0.15, -0.1) is 0 Å². The van der Waals surface area contributed by atoms with E-state index >= 15 is 0 Å². The Balaban J connectivity index is 1.93. The Morgan fingerprint density at radius 1 is 1.54 bits per heavy atom. The molecule has 1 aromatic rings. The Hall–Kier alpha value is -1.03. The lowest BCUT2D eigenvalue weighted by atomic mass is 10.1. The maximum absolute atomic E-state index is 5.29. The monoisotopic (exact) mass is 181 g/mol. The minimum Gasteiger partial charge on any atom is -0.381 e. The first kappa shape index (κ1) is 8.56. The van der Waals surface area contributed by atoms with E-state index in [0.717, 1.165) is 37.4 Å². The summed E-state index contributed by atoms with van der Waals surface area (Å²) in [5.41, 5.74) is 2.15. The van der Waals surface area contributed by atoms with Crippen LogP contribution in [0.2, 0.25) is 0 Å². The van der Waals surface area contributed by atoms with Crippen molar-refractivity contribution in [3.05, 3.63) is 11.9 Å². The maximum Gasteiger partial charge on any atom is 0.0822 e. The Kier molecular flexibility index (Phi) is 2.49. The van der Waals surface area contributed by atoms with Gasteiger partial charge >= 0.3 is 0 Å². The van der Waals surface area contributed by atoms with Crippen LogP contribution in [0.4, 0.5) is 5.69 Å². The molecule has 4 heteroatoms. The normalized spacial score (nSPS) is 18.8. The number of nitrogens with zero attached hydrogens (tertiary/aromatic N) is 1. The summed E-state index contributed by atoms with van der Waals surface area (Å²) in [4.78, 5) is 0. The van der Waals surface area contributed by atoms with E-state index in [4.69, 9.17) is 4.74 Å². The van der Waals surface area contributed by atoms with Crippen molar-refractivity contribution in [2.75, 3.05) is 18.5 Å². The van der Waals surface area contributed by atoms with Gasteiger partial charge in [-0.2, -0.15) is 5.10 Å². The number of aryl methyl sites for hydroxylation is 1. The van der Waals surface area contributed by atoms with Crippen LogP contribution in [0.15, 0.2) is 6.20 Å². The first-order valence-electron chi connectivity index (χ1n) is 4.71. The molecule has 0 aromatic carbocycles. The fraction of sp³-hybridized carbons (Fsp3) is 0.667. The minimum absolute atomic E-state index is 0.546. The molecule has 2 N–H and O–H groups in total. The first-order chi connectivity index (χ1) is 6.36. The summed E-state index contributed by atoms with van der Waals surface area (Å²) >= 11 is 0. The Labute approximate surface area is 77.7 Å². The van der Waals surface area contributed by atoms with E-state index in [-0.39, 0.29) is 0 Å². The summed E-state index contributed by atoms with van der Waals surface area (Å²) in [5.74, 6) is 0. The number of anilines is 1. The molecular weight excluding hydrogens is 166 g/mol. The molecule has 0 unspecified atom stereocenters. The van der Waals surface area contributed by atoms with Crippen LogP contribution < -0.4 is 5.32 Å². The summed E-state index contributed by atoms with van der Waals surface area (Å²) in [6.07, 6.45) is 4.08. The zero-order valence-electron chi connectivity index (χ0n) is 7.84. The third-order valence-electron chi connectivity index (χ3n) is 2.41. The number of rotatable bonds is 2. The standard InChI is InChI=1S/C9H15N3O/c1-7-9(6-10-12-7)11-8-2-4-13-5-3-8/h6,8,11H,2-5H2,1H3,(H,10,12). The molecule has 2 heterocycles. The fourth-order valence-corrected chi connectivity index (χ4v) is 1.57. The summed E-state index contributed by atoms with van der Waals surface area (Å²) in [6, 6.07) is 0.546. The lowest BCUT2D eigenvalue weighted by Gasteiger charge is -2.23. The quantitative estimate of drug-likeness (QED) is 0.723. The largest absolute Gasteiger partial charge is 0.381 e. The van der Waals surface area contributed by atoms with Crippen LogP contribution in [0.5, 0.6) is 0 Å². The highest BCUT2D eigenvalue weighted by molar-refractivity contribution is 5.45. The number of hydrogen-bond acceptors (Lipinski definition) is 3. The molecule has 0 radical (unpaired) electrons. The Morgan fingerprint density at radius 3 is 2.92 bits per heavy atom. The topological polar surface area (TPSA) is 49.9 Å². The zero-order valence-corrected chi connectivity index (χ0v) is 7.84. The van der Waals surface area contributed by atoms with Crippen LogP contribution in [0.25, 0.3) is 0 Å². The molecule has 1 aromatic heterocycles. The van der Waals surface area contributed by atoms with Gasteiger partial charge in [0.05, 0.1) is 11.4 Å². The third-order valence-corrected chi connectivity index (χ3v) is 2.41. The lowest BCUT2D eigenvalue weighted by Crippen LogP contribution is -2.27. The van der Waals surface area contributed by atoms with E-state index in [1.54, 1.807) is 0 Å². The van der Waals surface area contributed by atoms with Gasteiger partial charge in [-0.3, -0.25) is 5.10 Å². The van der Waals surface area contributed by atoms with Crippen molar-refractivity contribution in [1.82, 2.24) is 10.2 Å². The molecule has 4 nitrogen and oxygen atoms in total. The van der Waals surface area contributed by atoms with E-state index < -0.39 is 0 Å². The predicted octanol–water partition coefficient (Wildman–Crippen LogP) is 1.31. The van der Waals surface area contributed by atoms with Crippen molar-refractivity contribution in [2.45, 2.75) is 25.8 Å². The van der Waals surface area contributed by atoms with Gasteiger partial charge in [0.1, 0.15) is 0 Å². The van der Waals surface area contributed by atoms with Gasteiger partial charge in [0.25, 0.3) is 0 Å². The molecule has 0 atom stereocenters. The highest BCUT2D eigenvalue weighted by atomic mass is 16.5. The van der Waals surface area contributed by atoms with Gasteiger partial charge in [-0.25, -0.2) is 0 Å². The van der Waals surface area contributed by atoms with Crippen molar-refractivity contribution >= 4 is 5.69 Å². The summed E-state index contributed by atoms with van der Waals surface area (Å²) in [6.45, 7) is 3.74. The second-order valence-electron chi connectivity index (χ2n) is 3.42. The highest BCUT2D eigenvalue weighted by Gasteiger charge is 2.14. The average molecular weight is 181 g/mol. The molecule has 1 saturated heterocycles. The number of ether oxygens (including phenoxy) is 1. The van der Waals surface area contributed by atoms with E-state index in [1.807, 2.05) is 13.1 Å². The Bertz CT molecular complexity index is 266. The Morgan fingerprint density at radius 2 is 2.31 bits per heavy atom. The van der Waals surface area contributed by atoms with Crippen molar-refractivity contribution in [1.29, 1.82) is 0 Å². The second-order valence-corrected chi connectivity index (χ2v) is 3.42. The van der Waals surface area contributed by atoms with Crippen LogP contribution in [-0.4, -0.2) is 29.5 Å². The minimum atomic E-state index is 0.546. The molecule has 13 heavy (non-hydrogen) atoms. The number of aromatic nitrogens is 2. The third kappa shape index (κ3) is 2.01. The van der Waals surface area contributed by atoms with Crippen molar-refractivity contribution in [3.8, 4) is 0 Å². The van der Waals surface area contributed by atoms with Crippen LogP contribution in [-0.2, 0) is 4.74 Å². The molecule has 72 valence electrons. The van der Waals surface area contributed by atoms with Crippen molar-refractivity contribution < 1.29 is 4.74 Å². The molecule has 0 spiro atoms. The van der Waals surface area contributed by atoms with Gasteiger partial charge in [-0.05, 0) is 19.8 Å². The SMILES string of the molecule is Cc1n[nH]cc1NC1CCOCC1. The number of hydrogen-bond donors (Lipinski definition) is 2. The number of H-pyrrole nitrogens is 1. The highest BCUT2D eigenvalue weighted by Crippen LogP contribution is 2.16. The zero-order chi connectivity index (χ0) is 9.10. The number of aromatic amines is 1. The van der Waals surface area contributed by atoms with E-state index in [0.29, 0.717) is 6.04 Å². The van der Waals surface area contributed by atoms with Gasteiger partial charge in [-0.1, -0.05) is 0 Å². The summed E-state index contributed by atoms with van der Waals surface area (Å²) < 4.78 is 5.29. The lowest BCUT2D eigenvalue weighted by molar-refractivity contribution is 0.0904. The van der Waals surface area contributed by atoms with Crippen molar-refractivity contribution in [3.63, 3.8) is 0 Å². The molecule has 1 fully saturated rings. The molecule has 0 bridgehead atoms. The summed E-state index contributed by atoms with van der Waals surface area (Å²) in [7, 11) is 0. The van der Waals surface area contributed by atoms with Crippen molar-refractivity contribution in [2.24, 2.45) is 0 Å². The molecule has 0 aliphatic carbocycles.